The fraction of sp³-hybridized carbons (Fsp3) is 0.765. The van der Waals surface area contributed by atoms with Crippen LogP contribution in [0.4, 0.5) is 4.39 Å². The van der Waals surface area contributed by atoms with Crippen molar-refractivity contribution in [3.63, 3.8) is 0 Å². The molecule has 5 heteroatoms. The Bertz CT molecular complexity index is 496. The molecular formula is C17H29FO3S. The molecule has 0 fully saturated rings. The number of allylic oxidation sites excluding steroid dienone is 3. The summed E-state index contributed by atoms with van der Waals surface area (Å²) in [7, 11) is -4.33. The van der Waals surface area contributed by atoms with E-state index in [1.54, 1.807) is 6.92 Å². The molecule has 0 aromatic carbocycles. The molecule has 0 amide bonds. The van der Waals surface area contributed by atoms with E-state index in [0.717, 1.165) is 25.3 Å². The van der Waals surface area contributed by atoms with Gasteiger partial charge < -0.3 is 0 Å². The Balaban J connectivity index is 2.40. The summed E-state index contributed by atoms with van der Waals surface area (Å²) in [4.78, 5) is -0.326. The highest BCUT2D eigenvalue weighted by atomic mass is 32.2. The van der Waals surface area contributed by atoms with E-state index in [9.17, 15) is 12.8 Å². The van der Waals surface area contributed by atoms with Crippen molar-refractivity contribution in [1.29, 1.82) is 0 Å². The fourth-order valence-electron chi connectivity index (χ4n) is 2.81. The van der Waals surface area contributed by atoms with E-state index in [1.165, 1.54) is 44.3 Å². The van der Waals surface area contributed by atoms with Crippen LogP contribution in [0.2, 0.25) is 0 Å². The lowest BCUT2D eigenvalue weighted by atomic mass is 9.82. The van der Waals surface area contributed by atoms with Crippen molar-refractivity contribution in [3.05, 3.63) is 23.1 Å². The van der Waals surface area contributed by atoms with E-state index in [2.05, 4.69) is 6.92 Å². The highest BCUT2D eigenvalue weighted by molar-refractivity contribution is 7.90. The topological polar surface area (TPSA) is 54.4 Å². The van der Waals surface area contributed by atoms with Crippen molar-refractivity contribution < 1.29 is 17.4 Å². The number of hydrogen-bond acceptors (Lipinski definition) is 2. The van der Waals surface area contributed by atoms with Gasteiger partial charge in [0.15, 0.2) is 0 Å². The molecule has 0 bridgehead atoms. The Morgan fingerprint density at radius 3 is 2.23 bits per heavy atom. The molecule has 0 radical (unpaired) electrons. The first-order valence-electron chi connectivity index (χ1n) is 8.37. The molecular weight excluding hydrogens is 303 g/mol. The van der Waals surface area contributed by atoms with E-state index in [4.69, 9.17) is 4.55 Å². The minimum Gasteiger partial charge on any atom is -0.282 e. The summed E-state index contributed by atoms with van der Waals surface area (Å²) in [5.74, 6) is -0.373. The second-order valence-corrected chi connectivity index (χ2v) is 7.74. The van der Waals surface area contributed by atoms with Gasteiger partial charge in [-0.3, -0.25) is 4.55 Å². The molecule has 1 N–H and O–H groups in total. The molecule has 0 heterocycles. The Labute approximate surface area is 134 Å². The first-order chi connectivity index (χ1) is 10.3. The molecule has 0 aliphatic heterocycles. The van der Waals surface area contributed by atoms with Gasteiger partial charge in [-0.05, 0) is 25.0 Å². The van der Waals surface area contributed by atoms with Crippen LogP contribution in [-0.4, -0.2) is 18.6 Å². The lowest BCUT2D eigenvalue weighted by molar-refractivity contribution is 0.155. The van der Waals surface area contributed by atoms with Crippen molar-refractivity contribution in [2.45, 2.75) is 77.3 Å². The first kappa shape index (κ1) is 19.4. The van der Waals surface area contributed by atoms with Crippen molar-refractivity contribution >= 4 is 10.1 Å². The summed E-state index contributed by atoms with van der Waals surface area (Å²) in [5, 5.41) is 0. The van der Waals surface area contributed by atoms with Crippen molar-refractivity contribution in [2.75, 3.05) is 0 Å². The summed E-state index contributed by atoms with van der Waals surface area (Å²) in [6, 6.07) is 0. The van der Waals surface area contributed by atoms with Crippen LogP contribution in [0.25, 0.3) is 0 Å². The number of rotatable bonds is 10. The van der Waals surface area contributed by atoms with Crippen LogP contribution in [0.5, 0.6) is 0 Å². The van der Waals surface area contributed by atoms with Gasteiger partial charge >= 0.3 is 0 Å². The van der Waals surface area contributed by atoms with E-state index >= 15 is 0 Å². The third-order valence-electron chi connectivity index (χ3n) is 4.40. The SMILES string of the molecule is CCCCCCCCCCC1(F)C=C(S(=O)(=O)O)C=C[C@H]1C. The molecule has 128 valence electrons. The highest BCUT2D eigenvalue weighted by Gasteiger charge is 2.36. The van der Waals surface area contributed by atoms with Crippen molar-refractivity contribution in [2.24, 2.45) is 5.92 Å². The van der Waals surface area contributed by atoms with Crippen molar-refractivity contribution in [3.8, 4) is 0 Å². The van der Waals surface area contributed by atoms with Crippen LogP contribution in [-0.2, 0) is 10.1 Å². The Kier molecular flexibility index (Phi) is 7.77. The van der Waals surface area contributed by atoms with Gasteiger partial charge in [-0.25, -0.2) is 4.39 Å². The van der Waals surface area contributed by atoms with Crippen LogP contribution in [0.15, 0.2) is 23.1 Å². The molecule has 2 atom stereocenters. The molecule has 1 unspecified atom stereocenters. The fourth-order valence-corrected chi connectivity index (χ4v) is 3.40. The Morgan fingerprint density at radius 2 is 1.68 bits per heavy atom. The van der Waals surface area contributed by atoms with Gasteiger partial charge in [-0.1, -0.05) is 64.9 Å². The van der Waals surface area contributed by atoms with Gasteiger partial charge in [0.05, 0.1) is 4.91 Å². The molecule has 1 aliphatic rings. The molecule has 0 spiro atoms. The summed E-state index contributed by atoms with van der Waals surface area (Å²) in [6.45, 7) is 3.92. The van der Waals surface area contributed by atoms with Gasteiger partial charge in [0.25, 0.3) is 10.1 Å². The van der Waals surface area contributed by atoms with Crippen LogP contribution < -0.4 is 0 Å². The average Bonchev–Trinajstić information content (AvgIpc) is 2.44. The van der Waals surface area contributed by atoms with Crippen LogP contribution >= 0.6 is 0 Å². The highest BCUT2D eigenvalue weighted by Crippen LogP contribution is 2.36. The smallest absolute Gasteiger partial charge is 0.282 e. The molecule has 22 heavy (non-hydrogen) atoms. The number of unbranched alkanes of at least 4 members (excludes halogenated alkanes) is 7. The quantitative estimate of drug-likeness (QED) is 0.442. The predicted octanol–water partition coefficient (Wildman–Crippen LogP) is 5.20. The van der Waals surface area contributed by atoms with Gasteiger partial charge in [-0.15, -0.1) is 0 Å². The van der Waals surface area contributed by atoms with Crippen LogP contribution in [0.3, 0.4) is 0 Å². The molecule has 0 saturated carbocycles. The summed E-state index contributed by atoms with van der Waals surface area (Å²) < 4.78 is 46.3. The van der Waals surface area contributed by atoms with Crippen molar-refractivity contribution in [1.82, 2.24) is 0 Å². The third kappa shape index (κ3) is 6.21. The molecule has 0 aromatic heterocycles. The lowest BCUT2D eigenvalue weighted by Gasteiger charge is -2.30. The maximum Gasteiger partial charge on any atom is 0.294 e. The zero-order valence-electron chi connectivity index (χ0n) is 13.7. The third-order valence-corrected chi connectivity index (χ3v) is 5.25. The molecule has 1 rings (SSSR count). The van der Waals surface area contributed by atoms with Crippen LogP contribution in [0.1, 0.15) is 71.6 Å². The number of halogens is 1. The average molecular weight is 332 g/mol. The molecule has 0 aromatic rings. The second-order valence-electron chi connectivity index (χ2n) is 6.32. The summed E-state index contributed by atoms with van der Waals surface area (Å²) in [5.41, 5.74) is -1.68. The zero-order chi connectivity index (χ0) is 16.6. The van der Waals surface area contributed by atoms with Crippen LogP contribution in [0, 0.1) is 5.92 Å². The zero-order valence-corrected chi connectivity index (χ0v) is 14.5. The summed E-state index contributed by atoms with van der Waals surface area (Å²) >= 11 is 0. The standard InChI is InChI=1S/C17H29FO3S/c1-3-4-5-6-7-8-9-10-13-17(18)14-16(22(19,20)21)12-11-15(17)2/h11-12,14-15H,3-10,13H2,1-2H3,(H,19,20,21)/t15-,17?/m1/s1. The lowest BCUT2D eigenvalue weighted by Crippen LogP contribution is -2.31. The van der Waals surface area contributed by atoms with Gasteiger partial charge in [-0.2, -0.15) is 8.42 Å². The normalized spacial score (nSPS) is 25.3. The minimum absolute atomic E-state index is 0.298. The van der Waals surface area contributed by atoms with Gasteiger partial charge in [0.2, 0.25) is 0 Å². The summed E-state index contributed by atoms with van der Waals surface area (Å²) in [6.07, 6.45) is 13.2. The first-order valence-corrected chi connectivity index (χ1v) is 9.81. The Morgan fingerprint density at radius 1 is 1.14 bits per heavy atom. The maximum absolute atomic E-state index is 14.9. The molecule has 1 aliphatic carbocycles. The van der Waals surface area contributed by atoms with E-state index < -0.39 is 15.8 Å². The second kappa shape index (κ2) is 8.82. The number of alkyl halides is 1. The predicted molar refractivity (Wildman–Crippen MR) is 89.0 cm³/mol. The van der Waals surface area contributed by atoms with E-state index in [1.807, 2.05) is 0 Å². The largest absolute Gasteiger partial charge is 0.294 e. The Hall–Kier alpha value is -0.680. The molecule has 3 nitrogen and oxygen atoms in total. The molecule has 0 saturated heterocycles. The van der Waals surface area contributed by atoms with Gasteiger partial charge in [0.1, 0.15) is 5.67 Å². The maximum atomic E-state index is 14.9. The monoisotopic (exact) mass is 332 g/mol. The van der Waals surface area contributed by atoms with E-state index in [0.29, 0.717) is 6.42 Å². The van der Waals surface area contributed by atoms with E-state index in [-0.39, 0.29) is 10.8 Å². The number of hydrogen-bond donors (Lipinski definition) is 1. The van der Waals surface area contributed by atoms with Gasteiger partial charge in [0, 0.05) is 5.92 Å². The minimum atomic E-state index is -4.33.